The fourth-order valence-corrected chi connectivity index (χ4v) is 2.91. The number of nitrogens with one attached hydrogen (secondary N) is 2. The molecule has 0 aromatic carbocycles. The van der Waals surface area contributed by atoms with Gasteiger partial charge in [0.1, 0.15) is 11.6 Å². The summed E-state index contributed by atoms with van der Waals surface area (Å²) < 4.78 is 7.50. The van der Waals surface area contributed by atoms with Crippen molar-refractivity contribution in [1.29, 1.82) is 0 Å². The summed E-state index contributed by atoms with van der Waals surface area (Å²) in [5, 5.41) is 5.62. The highest BCUT2D eigenvalue weighted by Gasteiger charge is 2.24. The Morgan fingerprint density at radius 3 is 1.39 bits per heavy atom. The zero-order valence-electron chi connectivity index (χ0n) is 19.0. The number of carbonyl (C=O) groups is 2. The lowest BCUT2D eigenvalue weighted by Gasteiger charge is -2.19. The number of hydrogen-bond acceptors (Lipinski definition) is 5. The fraction of sp³-hybridized carbons (Fsp3) is 0.455. The highest BCUT2D eigenvalue weighted by atomic mass is 79.9. The Kier molecular flexibility index (Phi) is 7.53. The minimum atomic E-state index is -0.567. The number of ether oxygens (including phenoxy) is 1. The van der Waals surface area contributed by atoms with Crippen molar-refractivity contribution in [3.8, 4) is 11.8 Å². The Bertz CT molecular complexity index is 943. The van der Waals surface area contributed by atoms with Crippen molar-refractivity contribution in [3.05, 3.63) is 32.2 Å². The molecule has 2 rings (SSSR count). The summed E-state index contributed by atoms with van der Waals surface area (Å²) in [7, 11) is 0. The average Bonchev–Trinajstić information content (AvgIpc) is 2.61. The molecule has 2 N–H and O–H groups in total. The summed E-state index contributed by atoms with van der Waals surface area (Å²) in [5.41, 5.74) is 0.358. The predicted octanol–water partition coefficient (Wildman–Crippen LogP) is 6.38. The maximum atomic E-state index is 12.4. The second-order valence-corrected chi connectivity index (χ2v) is 11.1. The van der Waals surface area contributed by atoms with Gasteiger partial charge >= 0.3 is 0 Å². The molecule has 168 valence electrons. The van der Waals surface area contributed by atoms with Gasteiger partial charge in [0.25, 0.3) is 0 Å². The fourth-order valence-electron chi connectivity index (χ4n) is 2.14. The number of nitrogens with zero attached hydrogens (tertiary/aromatic N) is 2. The highest BCUT2D eigenvalue weighted by Crippen LogP contribution is 2.35. The molecule has 2 aromatic rings. The Balaban J connectivity index is 2.41. The van der Waals surface area contributed by atoms with Crippen LogP contribution in [0.5, 0.6) is 11.8 Å². The lowest BCUT2D eigenvalue weighted by Crippen LogP contribution is -2.28. The van der Waals surface area contributed by atoms with Crippen LogP contribution in [0.4, 0.5) is 11.6 Å². The lowest BCUT2D eigenvalue weighted by molar-refractivity contribution is -0.123. The second-order valence-electron chi connectivity index (χ2n) is 9.35. The summed E-state index contributed by atoms with van der Waals surface area (Å²) in [4.78, 5) is 33.6. The number of hydrogen-bond donors (Lipinski definition) is 2. The number of carbonyl (C=O) groups excluding carboxylic acids is 2. The summed E-state index contributed by atoms with van der Waals surface area (Å²) >= 11 is 6.99. The quantitative estimate of drug-likeness (QED) is 0.456. The molecule has 0 saturated heterocycles. The first-order valence-electron chi connectivity index (χ1n) is 9.74. The molecule has 0 fully saturated rings. The van der Waals surface area contributed by atoms with E-state index >= 15 is 0 Å². The van der Waals surface area contributed by atoms with E-state index in [1.54, 1.807) is 12.1 Å². The van der Waals surface area contributed by atoms with E-state index in [1.165, 1.54) is 0 Å². The summed E-state index contributed by atoms with van der Waals surface area (Å²) in [6.45, 7) is 14.6. The molecule has 2 heterocycles. The zero-order valence-corrected chi connectivity index (χ0v) is 22.2. The van der Waals surface area contributed by atoms with Crippen molar-refractivity contribution in [2.75, 3.05) is 10.6 Å². The molecule has 9 heteroatoms. The SMILES string of the molecule is Cc1c(Br)cc(NC(=O)C(C)(C)C)nc1Oc1nc(NC(=O)C(C)(C)C)cc(Br)c1C. The zero-order chi connectivity index (χ0) is 23.7. The van der Waals surface area contributed by atoms with Gasteiger partial charge in [0.15, 0.2) is 0 Å². The van der Waals surface area contributed by atoms with Crippen LogP contribution < -0.4 is 15.4 Å². The Morgan fingerprint density at radius 1 is 0.774 bits per heavy atom. The number of anilines is 2. The molecule has 7 nitrogen and oxygen atoms in total. The molecule has 2 amide bonds. The third kappa shape index (κ3) is 6.49. The van der Waals surface area contributed by atoms with E-state index in [4.69, 9.17) is 4.74 Å². The van der Waals surface area contributed by atoms with Gasteiger partial charge in [-0.05, 0) is 26.0 Å². The molecule has 0 aliphatic rings. The van der Waals surface area contributed by atoms with E-state index < -0.39 is 10.8 Å². The van der Waals surface area contributed by atoms with E-state index in [-0.39, 0.29) is 11.8 Å². The average molecular weight is 556 g/mol. The van der Waals surface area contributed by atoms with Crippen molar-refractivity contribution in [2.45, 2.75) is 55.4 Å². The predicted molar refractivity (Wildman–Crippen MR) is 130 cm³/mol. The minimum Gasteiger partial charge on any atom is -0.420 e. The lowest BCUT2D eigenvalue weighted by atomic mass is 9.96. The maximum Gasteiger partial charge on any atom is 0.230 e. The van der Waals surface area contributed by atoms with Gasteiger partial charge in [0.05, 0.1) is 0 Å². The first kappa shape index (κ1) is 25.3. The number of halogens is 2. The van der Waals surface area contributed by atoms with Crippen molar-refractivity contribution >= 4 is 55.3 Å². The van der Waals surface area contributed by atoms with Crippen LogP contribution in [0.3, 0.4) is 0 Å². The molecule has 0 bridgehead atoms. The van der Waals surface area contributed by atoms with Crippen LogP contribution >= 0.6 is 31.9 Å². The summed E-state index contributed by atoms with van der Waals surface area (Å²) in [6, 6.07) is 3.45. The third-order valence-corrected chi connectivity index (χ3v) is 6.02. The van der Waals surface area contributed by atoms with Crippen molar-refractivity contribution < 1.29 is 14.3 Å². The third-order valence-electron chi connectivity index (χ3n) is 4.37. The van der Waals surface area contributed by atoms with Crippen LogP contribution in [0, 0.1) is 24.7 Å². The van der Waals surface area contributed by atoms with E-state index in [2.05, 4.69) is 52.5 Å². The van der Waals surface area contributed by atoms with Gasteiger partial charge in [-0.1, -0.05) is 73.4 Å². The van der Waals surface area contributed by atoms with Crippen molar-refractivity contribution in [1.82, 2.24) is 9.97 Å². The monoisotopic (exact) mass is 554 g/mol. The standard InChI is InChI=1S/C22H28Br2N4O3/c1-11-13(23)9-15(27-19(29)21(3,4)5)25-17(11)31-18-12(2)14(24)10-16(26-18)28-20(30)22(6,7)8/h9-10H,1-8H3,(H,25,27,29)(H,26,28,30). The van der Waals surface area contributed by atoms with Crippen LogP contribution in [-0.2, 0) is 9.59 Å². The summed E-state index contributed by atoms with van der Waals surface area (Å²) in [5.74, 6) is 0.986. The number of pyridine rings is 2. The molecule has 0 unspecified atom stereocenters. The van der Waals surface area contributed by atoms with Crippen LogP contribution in [0.15, 0.2) is 21.1 Å². The van der Waals surface area contributed by atoms with E-state index in [0.29, 0.717) is 23.4 Å². The van der Waals surface area contributed by atoms with Crippen molar-refractivity contribution in [3.63, 3.8) is 0 Å². The van der Waals surface area contributed by atoms with Gasteiger partial charge in [0, 0.05) is 30.9 Å². The van der Waals surface area contributed by atoms with E-state index in [0.717, 1.165) is 20.1 Å². The van der Waals surface area contributed by atoms with Gasteiger partial charge in [-0.15, -0.1) is 0 Å². The minimum absolute atomic E-state index is 0.161. The normalized spacial score (nSPS) is 11.8. The molecule has 0 atom stereocenters. The first-order chi connectivity index (χ1) is 14.1. The molecule has 0 aliphatic heterocycles. The molecular weight excluding hydrogens is 528 g/mol. The van der Waals surface area contributed by atoms with Crippen LogP contribution in [0.2, 0.25) is 0 Å². The van der Waals surface area contributed by atoms with Gasteiger partial charge in [-0.2, -0.15) is 9.97 Å². The van der Waals surface area contributed by atoms with Gasteiger partial charge < -0.3 is 15.4 Å². The maximum absolute atomic E-state index is 12.4. The number of amides is 2. The van der Waals surface area contributed by atoms with Gasteiger partial charge in [0.2, 0.25) is 23.6 Å². The Hall–Kier alpha value is -2.00. The number of aromatic nitrogens is 2. The Labute approximate surface area is 200 Å². The van der Waals surface area contributed by atoms with Gasteiger partial charge in [-0.25, -0.2) is 0 Å². The topological polar surface area (TPSA) is 93.2 Å². The van der Waals surface area contributed by atoms with Crippen LogP contribution in [0.25, 0.3) is 0 Å². The molecule has 0 saturated carbocycles. The highest BCUT2D eigenvalue weighted by molar-refractivity contribution is 9.10. The van der Waals surface area contributed by atoms with Gasteiger partial charge in [-0.3, -0.25) is 9.59 Å². The molecule has 0 aliphatic carbocycles. The molecule has 31 heavy (non-hydrogen) atoms. The molecule has 0 radical (unpaired) electrons. The molecule has 0 spiro atoms. The first-order valence-corrected chi connectivity index (χ1v) is 11.3. The second kappa shape index (κ2) is 9.24. The smallest absolute Gasteiger partial charge is 0.230 e. The van der Waals surface area contributed by atoms with E-state index in [9.17, 15) is 9.59 Å². The molecular formula is C22H28Br2N4O3. The Morgan fingerprint density at radius 2 is 1.10 bits per heavy atom. The van der Waals surface area contributed by atoms with Crippen LogP contribution in [-0.4, -0.2) is 21.8 Å². The summed E-state index contributed by atoms with van der Waals surface area (Å²) in [6.07, 6.45) is 0. The van der Waals surface area contributed by atoms with Crippen molar-refractivity contribution in [2.24, 2.45) is 10.8 Å². The van der Waals surface area contributed by atoms with Crippen LogP contribution in [0.1, 0.15) is 52.7 Å². The number of rotatable bonds is 4. The van der Waals surface area contributed by atoms with E-state index in [1.807, 2.05) is 55.4 Å². The molecule has 2 aromatic heterocycles. The largest absolute Gasteiger partial charge is 0.420 e.